The molecule has 1 nitrogen and oxygen atoms in total. The number of hydrogen-bond donors (Lipinski definition) is 1. The molecule has 2 aromatic carbocycles. The summed E-state index contributed by atoms with van der Waals surface area (Å²) in [6, 6.07) is 16.9. The highest BCUT2D eigenvalue weighted by atomic mass is 79.9. The molecule has 1 atom stereocenters. The zero-order valence-electron chi connectivity index (χ0n) is 11.5. The van der Waals surface area contributed by atoms with Gasteiger partial charge in [-0.05, 0) is 42.5 Å². The third kappa shape index (κ3) is 3.46. The van der Waals surface area contributed by atoms with Crippen molar-refractivity contribution in [1.29, 1.82) is 0 Å². The number of rotatable bonds is 4. The normalized spacial score (nSPS) is 14.1. The molecular formula is C17H20BrN. The number of hydrogen-bond acceptors (Lipinski definition) is 1. The molecule has 0 bridgehead atoms. The van der Waals surface area contributed by atoms with Crippen molar-refractivity contribution in [2.24, 2.45) is 5.73 Å². The molecule has 0 aliphatic rings. The Hall–Kier alpha value is -1.12. The Balaban J connectivity index is 2.24. The summed E-state index contributed by atoms with van der Waals surface area (Å²) in [5, 5.41) is 0. The smallest absolute Gasteiger partial charge is 0.0422 e. The van der Waals surface area contributed by atoms with Crippen LogP contribution >= 0.6 is 15.9 Å². The highest BCUT2D eigenvalue weighted by Gasteiger charge is 2.22. The minimum absolute atomic E-state index is 0.351. The first-order valence-electron chi connectivity index (χ1n) is 6.64. The molecular weight excluding hydrogens is 298 g/mol. The summed E-state index contributed by atoms with van der Waals surface area (Å²) in [7, 11) is 0. The van der Waals surface area contributed by atoms with E-state index in [9.17, 15) is 0 Å². The lowest BCUT2D eigenvalue weighted by Crippen LogP contribution is -2.35. The second-order valence-electron chi connectivity index (χ2n) is 5.24. The SMILES string of the molecule is CCc1ccc(C(C)(N)Cc2ccccc2Br)cc1. The Bertz CT molecular complexity index is 543. The molecule has 2 rings (SSSR count). The molecule has 1 unspecified atom stereocenters. The van der Waals surface area contributed by atoms with Gasteiger partial charge in [0.25, 0.3) is 0 Å². The van der Waals surface area contributed by atoms with Gasteiger partial charge in [-0.15, -0.1) is 0 Å². The van der Waals surface area contributed by atoms with E-state index in [0.717, 1.165) is 17.3 Å². The lowest BCUT2D eigenvalue weighted by atomic mass is 9.86. The van der Waals surface area contributed by atoms with Crippen LogP contribution in [-0.2, 0) is 18.4 Å². The average molecular weight is 318 g/mol. The van der Waals surface area contributed by atoms with Gasteiger partial charge in [-0.1, -0.05) is 65.3 Å². The molecule has 2 N–H and O–H groups in total. The van der Waals surface area contributed by atoms with Crippen molar-refractivity contribution in [2.45, 2.75) is 32.2 Å². The molecule has 100 valence electrons. The molecule has 0 amide bonds. The second kappa shape index (κ2) is 5.89. The summed E-state index contributed by atoms with van der Waals surface area (Å²) >= 11 is 3.59. The van der Waals surface area contributed by atoms with Gasteiger partial charge in [0.15, 0.2) is 0 Å². The lowest BCUT2D eigenvalue weighted by Gasteiger charge is -2.26. The summed E-state index contributed by atoms with van der Waals surface area (Å²) in [5.41, 5.74) is 9.93. The fourth-order valence-corrected chi connectivity index (χ4v) is 2.69. The van der Waals surface area contributed by atoms with E-state index in [1.54, 1.807) is 0 Å². The van der Waals surface area contributed by atoms with Crippen LogP contribution in [0.25, 0.3) is 0 Å². The van der Waals surface area contributed by atoms with Crippen LogP contribution in [0.1, 0.15) is 30.5 Å². The highest BCUT2D eigenvalue weighted by Crippen LogP contribution is 2.27. The van der Waals surface area contributed by atoms with Gasteiger partial charge < -0.3 is 5.73 Å². The van der Waals surface area contributed by atoms with E-state index in [2.05, 4.69) is 72.2 Å². The maximum absolute atomic E-state index is 6.51. The molecule has 0 saturated heterocycles. The molecule has 0 aromatic heterocycles. The number of aryl methyl sites for hydroxylation is 1. The molecule has 0 aliphatic carbocycles. The van der Waals surface area contributed by atoms with Gasteiger partial charge in [0.2, 0.25) is 0 Å². The Morgan fingerprint density at radius 3 is 2.26 bits per heavy atom. The fourth-order valence-electron chi connectivity index (χ4n) is 2.26. The minimum atomic E-state index is -0.351. The quantitative estimate of drug-likeness (QED) is 0.887. The summed E-state index contributed by atoms with van der Waals surface area (Å²) < 4.78 is 1.12. The van der Waals surface area contributed by atoms with E-state index in [-0.39, 0.29) is 5.54 Å². The Kier molecular flexibility index (Phi) is 4.43. The monoisotopic (exact) mass is 317 g/mol. The topological polar surface area (TPSA) is 26.0 Å². The van der Waals surface area contributed by atoms with Crippen molar-refractivity contribution in [2.75, 3.05) is 0 Å². The van der Waals surface area contributed by atoms with Crippen LogP contribution < -0.4 is 5.73 Å². The van der Waals surface area contributed by atoms with Crippen LogP contribution in [0.4, 0.5) is 0 Å². The van der Waals surface area contributed by atoms with E-state index < -0.39 is 0 Å². The van der Waals surface area contributed by atoms with Gasteiger partial charge >= 0.3 is 0 Å². The van der Waals surface area contributed by atoms with Crippen molar-refractivity contribution in [3.8, 4) is 0 Å². The van der Waals surface area contributed by atoms with Crippen molar-refractivity contribution in [3.63, 3.8) is 0 Å². The Morgan fingerprint density at radius 1 is 1.05 bits per heavy atom. The van der Waals surface area contributed by atoms with Gasteiger partial charge in [-0.2, -0.15) is 0 Å². The minimum Gasteiger partial charge on any atom is -0.321 e. The van der Waals surface area contributed by atoms with Gasteiger partial charge in [0.1, 0.15) is 0 Å². The largest absolute Gasteiger partial charge is 0.321 e. The molecule has 19 heavy (non-hydrogen) atoms. The molecule has 2 heteroatoms. The summed E-state index contributed by atoms with van der Waals surface area (Å²) in [4.78, 5) is 0. The summed E-state index contributed by atoms with van der Waals surface area (Å²) in [6.45, 7) is 4.26. The maximum atomic E-state index is 6.51. The van der Waals surface area contributed by atoms with Crippen molar-refractivity contribution in [1.82, 2.24) is 0 Å². The van der Waals surface area contributed by atoms with E-state index in [1.807, 2.05) is 6.07 Å². The Labute approximate surface area is 124 Å². The van der Waals surface area contributed by atoms with Crippen LogP contribution in [0.3, 0.4) is 0 Å². The number of halogens is 1. The van der Waals surface area contributed by atoms with E-state index in [4.69, 9.17) is 5.73 Å². The van der Waals surface area contributed by atoms with Gasteiger partial charge in [-0.3, -0.25) is 0 Å². The van der Waals surface area contributed by atoms with Crippen molar-refractivity contribution >= 4 is 15.9 Å². The predicted octanol–water partition coefficient (Wildman–Crippen LogP) is 4.43. The lowest BCUT2D eigenvalue weighted by molar-refractivity contribution is 0.490. The molecule has 0 spiro atoms. The molecule has 0 fully saturated rings. The van der Waals surface area contributed by atoms with E-state index in [0.29, 0.717) is 0 Å². The van der Waals surface area contributed by atoms with Crippen LogP contribution in [0.15, 0.2) is 53.0 Å². The van der Waals surface area contributed by atoms with Crippen LogP contribution in [0.2, 0.25) is 0 Å². The first-order valence-corrected chi connectivity index (χ1v) is 7.44. The molecule has 0 heterocycles. The fraction of sp³-hybridized carbons (Fsp3) is 0.294. The summed E-state index contributed by atoms with van der Waals surface area (Å²) in [5.74, 6) is 0. The third-order valence-electron chi connectivity index (χ3n) is 3.54. The van der Waals surface area contributed by atoms with Crippen LogP contribution in [0, 0.1) is 0 Å². The van der Waals surface area contributed by atoms with Crippen LogP contribution in [-0.4, -0.2) is 0 Å². The molecule has 0 radical (unpaired) electrons. The zero-order chi connectivity index (χ0) is 13.9. The predicted molar refractivity (Wildman–Crippen MR) is 85.2 cm³/mol. The first kappa shape index (κ1) is 14.3. The van der Waals surface area contributed by atoms with E-state index in [1.165, 1.54) is 16.7 Å². The average Bonchev–Trinajstić information content (AvgIpc) is 2.41. The second-order valence-corrected chi connectivity index (χ2v) is 6.09. The van der Waals surface area contributed by atoms with Gasteiger partial charge in [0.05, 0.1) is 0 Å². The maximum Gasteiger partial charge on any atom is 0.0422 e. The van der Waals surface area contributed by atoms with E-state index >= 15 is 0 Å². The van der Waals surface area contributed by atoms with Gasteiger partial charge in [0, 0.05) is 10.0 Å². The summed E-state index contributed by atoms with van der Waals surface area (Å²) in [6.07, 6.45) is 1.88. The third-order valence-corrected chi connectivity index (χ3v) is 4.31. The number of nitrogens with two attached hydrogens (primary N) is 1. The molecule has 2 aromatic rings. The highest BCUT2D eigenvalue weighted by molar-refractivity contribution is 9.10. The van der Waals surface area contributed by atoms with Crippen molar-refractivity contribution in [3.05, 3.63) is 69.7 Å². The standard InChI is InChI=1S/C17H20BrN/c1-3-13-8-10-15(11-9-13)17(2,19)12-14-6-4-5-7-16(14)18/h4-11H,3,12,19H2,1-2H3. The zero-order valence-corrected chi connectivity index (χ0v) is 13.1. The Morgan fingerprint density at radius 2 is 1.68 bits per heavy atom. The molecule has 0 saturated carbocycles. The van der Waals surface area contributed by atoms with Gasteiger partial charge in [-0.25, -0.2) is 0 Å². The van der Waals surface area contributed by atoms with Crippen LogP contribution in [0.5, 0.6) is 0 Å². The molecule has 0 aliphatic heterocycles. The first-order chi connectivity index (χ1) is 9.03. The number of benzene rings is 2. The van der Waals surface area contributed by atoms with Crippen molar-refractivity contribution < 1.29 is 0 Å².